The van der Waals surface area contributed by atoms with E-state index in [1.165, 1.54) is 13.8 Å². The van der Waals surface area contributed by atoms with Gasteiger partial charge in [-0.05, 0) is 56.4 Å². The zero-order valence-electron chi connectivity index (χ0n) is 23.2. The quantitative estimate of drug-likeness (QED) is 0.411. The molecule has 0 aromatic heterocycles. The molecule has 0 spiro atoms. The number of carbonyl (C=O) groups excluding carboxylic acids is 2. The van der Waals surface area contributed by atoms with Crippen LogP contribution in [0.3, 0.4) is 0 Å². The molecule has 1 saturated heterocycles. The number of likely N-dealkylation sites (tertiary alicyclic amines) is 1. The normalized spacial score (nSPS) is 17.6. The Hall–Kier alpha value is -2.68. The fourth-order valence-corrected chi connectivity index (χ4v) is 4.66. The molecule has 9 heteroatoms. The van der Waals surface area contributed by atoms with Gasteiger partial charge in [-0.3, -0.25) is 0 Å². The van der Waals surface area contributed by atoms with Crippen molar-refractivity contribution in [3.05, 3.63) is 77.2 Å². The third kappa shape index (κ3) is 7.68. The number of esters is 1. The van der Waals surface area contributed by atoms with Crippen molar-refractivity contribution < 1.29 is 63.2 Å². The number of rotatable bonds is 6. The van der Waals surface area contributed by atoms with Crippen LogP contribution in [0.4, 0.5) is 4.79 Å². The van der Waals surface area contributed by atoms with E-state index in [9.17, 15) is 14.7 Å². The second-order valence-corrected chi connectivity index (χ2v) is 9.39. The summed E-state index contributed by atoms with van der Waals surface area (Å²) in [4.78, 5) is 27.3. The van der Waals surface area contributed by atoms with Crippen LogP contribution >= 0.6 is 0 Å². The number of piperidine rings is 1. The van der Waals surface area contributed by atoms with Gasteiger partial charge in [0.05, 0.1) is 18.6 Å². The van der Waals surface area contributed by atoms with Crippen LogP contribution in [0.1, 0.15) is 51.7 Å². The molecule has 8 nitrogen and oxygen atoms in total. The molecule has 0 saturated carbocycles. The zero-order chi connectivity index (χ0) is 27.1. The van der Waals surface area contributed by atoms with Gasteiger partial charge in [-0.1, -0.05) is 56.3 Å². The number of ether oxygens (including phenoxy) is 4. The maximum Gasteiger partial charge on any atom is 1.00 e. The standard InChI is InChI=1S/C27H31NO7.C2H6.Na/c1-26(2)34-23(29)22(24(30)35-26)27(17-19-9-11-21(32-3)12-10-19)13-15-28(16-14-27)25(31)33-18-20-7-5-4-6-8-20;1-2;/h4-12,29H,13-18H2,1-3H3;1-2H3;/q;;+1/p-1. The average molecular weight is 534 g/mol. The molecule has 2 heterocycles. The minimum absolute atomic E-state index is 0. The van der Waals surface area contributed by atoms with Crippen molar-refractivity contribution in [2.75, 3.05) is 20.2 Å². The Morgan fingerprint density at radius 3 is 2.13 bits per heavy atom. The van der Waals surface area contributed by atoms with Crippen molar-refractivity contribution >= 4 is 12.1 Å². The van der Waals surface area contributed by atoms with Crippen molar-refractivity contribution in [1.29, 1.82) is 0 Å². The molecule has 4 rings (SSSR count). The largest absolute Gasteiger partial charge is 1.00 e. The van der Waals surface area contributed by atoms with E-state index in [1.54, 1.807) is 12.0 Å². The summed E-state index contributed by atoms with van der Waals surface area (Å²) >= 11 is 0. The van der Waals surface area contributed by atoms with Crippen LogP contribution in [0.5, 0.6) is 5.75 Å². The van der Waals surface area contributed by atoms with Crippen LogP contribution < -0.4 is 39.4 Å². The number of nitrogens with zero attached hydrogens (tertiary/aromatic N) is 1. The van der Waals surface area contributed by atoms with Crippen LogP contribution in [0.15, 0.2) is 66.1 Å². The summed E-state index contributed by atoms with van der Waals surface area (Å²) in [5.74, 6) is -1.94. The molecule has 0 unspecified atom stereocenters. The maximum atomic E-state index is 13.0. The maximum absolute atomic E-state index is 13.0. The van der Waals surface area contributed by atoms with Crippen LogP contribution in [0.2, 0.25) is 0 Å². The van der Waals surface area contributed by atoms with Gasteiger partial charge in [0.15, 0.2) is 5.79 Å². The fraction of sp³-hybridized carbons (Fsp3) is 0.448. The SMILES string of the molecule is CC.COc1ccc(CC2(C3=C([O-])OC(C)(C)OC3=O)CCN(C(=O)OCc3ccccc3)CC2)cc1.[Na+]. The van der Waals surface area contributed by atoms with Crippen molar-refractivity contribution in [3.63, 3.8) is 0 Å². The summed E-state index contributed by atoms with van der Waals surface area (Å²) in [5, 5.41) is 13.0. The van der Waals surface area contributed by atoms with E-state index in [2.05, 4.69) is 0 Å². The van der Waals surface area contributed by atoms with E-state index in [0.717, 1.165) is 11.1 Å². The van der Waals surface area contributed by atoms with Gasteiger partial charge in [0.1, 0.15) is 12.4 Å². The summed E-state index contributed by atoms with van der Waals surface area (Å²) < 4.78 is 21.6. The Morgan fingerprint density at radius 2 is 1.58 bits per heavy atom. The molecule has 2 aromatic carbocycles. The molecular formula is C29H36NNaO7. The van der Waals surface area contributed by atoms with Crippen molar-refractivity contribution in [1.82, 2.24) is 4.90 Å². The fourth-order valence-electron chi connectivity index (χ4n) is 4.66. The van der Waals surface area contributed by atoms with Crippen molar-refractivity contribution in [2.45, 2.75) is 59.4 Å². The van der Waals surface area contributed by atoms with Gasteiger partial charge in [0.25, 0.3) is 0 Å². The van der Waals surface area contributed by atoms with Gasteiger partial charge >= 0.3 is 41.6 Å². The minimum Gasteiger partial charge on any atom is -0.575 e. The Labute approximate surface area is 247 Å². The van der Waals surface area contributed by atoms with E-state index in [0.29, 0.717) is 38.1 Å². The third-order valence-corrected chi connectivity index (χ3v) is 6.50. The minimum atomic E-state index is -1.32. The van der Waals surface area contributed by atoms with Crippen LogP contribution in [-0.4, -0.2) is 42.9 Å². The number of cyclic esters (lactones) is 1. The second kappa shape index (κ2) is 13.9. The van der Waals surface area contributed by atoms with E-state index in [4.69, 9.17) is 18.9 Å². The molecule has 0 radical (unpaired) electrons. The van der Waals surface area contributed by atoms with E-state index < -0.39 is 29.2 Å². The van der Waals surface area contributed by atoms with Crippen molar-refractivity contribution in [3.8, 4) is 5.75 Å². The zero-order valence-corrected chi connectivity index (χ0v) is 25.2. The first kappa shape index (κ1) is 31.5. The first-order valence-corrected chi connectivity index (χ1v) is 12.6. The summed E-state index contributed by atoms with van der Waals surface area (Å²) in [5.41, 5.74) is 1.00. The topological polar surface area (TPSA) is 97.4 Å². The number of carbonyl (C=O) groups is 2. The van der Waals surface area contributed by atoms with Gasteiger partial charge in [-0.2, -0.15) is 0 Å². The van der Waals surface area contributed by atoms with E-state index >= 15 is 0 Å². The van der Waals surface area contributed by atoms with Gasteiger partial charge in [-0.25, -0.2) is 9.59 Å². The van der Waals surface area contributed by atoms with Crippen LogP contribution in [-0.2, 0) is 32.0 Å². The molecule has 1 fully saturated rings. The molecule has 0 N–H and O–H groups in total. The van der Waals surface area contributed by atoms with Crippen LogP contribution in [0.25, 0.3) is 0 Å². The predicted molar refractivity (Wildman–Crippen MR) is 136 cm³/mol. The monoisotopic (exact) mass is 533 g/mol. The number of hydrogen-bond donors (Lipinski definition) is 0. The number of methoxy groups -OCH3 is 1. The summed E-state index contributed by atoms with van der Waals surface area (Å²) in [7, 11) is 1.59. The van der Waals surface area contributed by atoms with Gasteiger partial charge in [-0.15, -0.1) is 0 Å². The smallest absolute Gasteiger partial charge is 0.575 e. The molecule has 0 atom stereocenters. The third-order valence-electron chi connectivity index (χ3n) is 6.50. The van der Waals surface area contributed by atoms with Gasteiger partial charge in [0.2, 0.25) is 0 Å². The first-order chi connectivity index (χ1) is 17.7. The predicted octanol–water partition coefficient (Wildman–Crippen LogP) is 1.57. The molecule has 0 bridgehead atoms. The Bertz CT molecular complexity index is 1090. The molecular weight excluding hydrogens is 497 g/mol. The average Bonchev–Trinajstić information content (AvgIpc) is 2.89. The van der Waals surface area contributed by atoms with E-state index in [-0.39, 0.29) is 41.7 Å². The summed E-state index contributed by atoms with van der Waals surface area (Å²) in [6.45, 7) is 7.90. The molecule has 2 aliphatic heterocycles. The molecule has 200 valence electrons. The summed E-state index contributed by atoms with van der Waals surface area (Å²) in [6.07, 6.45) is 0.773. The molecule has 0 aliphatic carbocycles. The van der Waals surface area contributed by atoms with Crippen molar-refractivity contribution in [2.24, 2.45) is 5.41 Å². The molecule has 1 amide bonds. The number of benzene rings is 2. The van der Waals surface area contributed by atoms with Crippen LogP contribution in [0, 0.1) is 5.41 Å². The van der Waals surface area contributed by atoms with E-state index in [1.807, 2.05) is 68.4 Å². The molecule has 38 heavy (non-hydrogen) atoms. The molecule has 2 aromatic rings. The Kier molecular flexibility index (Phi) is 11.6. The first-order valence-electron chi connectivity index (χ1n) is 12.6. The molecule has 2 aliphatic rings. The Balaban J connectivity index is 0.00000165. The Morgan fingerprint density at radius 1 is 0.974 bits per heavy atom. The van der Waals surface area contributed by atoms with Gasteiger partial charge in [0, 0.05) is 18.5 Å². The number of hydrogen-bond acceptors (Lipinski definition) is 7. The second-order valence-electron chi connectivity index (χ2n) is 9.39. The van der Waals surface area contributed by atoms with Gasteiger partial charge < -0.3 is 29.0 Å². The number of amides is 1. The summed E-state index contributed by atoms with van der Waals surface area (Å²) in [6, 6.07) is 16.9.